The minimum Gasteiger partial charge on any atom is -0.299 e. The molecular formula is C14H17ClN6OS. The van der Waals surface area contributed by atoms with Crippen molar-refractivity contribution in [1.82, 2.24) is 25.5 Å². The molecule has 0 atom stereocenters. The fraction of sp³-hybridized carbons (Fsp3) is 0.357. The number of nitrogens with one attached hydrogen (secondary N) is 2. The van der Waals surface area contributed by atoms with Crippen LogP contribution < -0.4 is 10.6 Å². The first kappa shape index (κ1) is 17.3. The molecule has 1 aromatic heterocycles. The predicted molar refractivity (Wildman–Crippen MR) is 92.5 cm³/mol. The summed E-state index contributed by atoms with van der Waals surface area (Å²) < 4.78 is 0. The lowest BCUT2D eigenvalue weighted by Gasteiger charge is -2.07. The summed E-state index contributed by atoms with van der Waals surface area (Å²) >= 11 is 11.1. The monoisotopic (exact) mass is 352 g/mol. The Morgan fingerprint density at radius 3 is 2.83 bits per heavy atom. The van der Waals surface area contributed by atoms with Gasteiger partial charge in [0, 0.05) is 10.6 Å². The highest BCUT2D eigenvalue weighted by Crippen LogP contribution is 2.16. The van der Waals surface area contributed by atoms with Gasteiger partial charge in [0.2, 0.25) is 0 Å². The number of halogens is 1. The number of rotatable bonds is 4. The van der Waals surface area contributed by atoms with Crippen LogP contribution in [0.4, 0.5) is 5.95 Å². The maximum atomic E-state index is 12.1. The lowest BCUT2D eigenvalue weighted by Crippen LogP contribution is -2.34. The van der Waals surface area contributed by atoms with Crippen molar-refractivity contribution in [3.63, 3.8) is 0 Å². The second-order valence-corrected chi connectivity index (χ2v) is 6.25. The van der Waals surface area contributed by atoms with Crippen molar-refractivity contribution < 1.29 is 4.79 Å². The van der Waals surface area contributed by atoms with E-state index in [1.807, 2.05) is 20.8 Å². The molecule has 122 valence electrons. The Hall–Kier alpha value is -2.06. The Labute approximate surface area is 144 Å². The highest BCUT2D eigenvalue weighted by Gasteiger charge is 2.11. The van der Waals surface area contributed by atoms with Crippen LogP contribution in [0, 0.1) is 12.8 Å². The number of nitrogens with zero attached hydrogens (tertiary/aromatic N) is 4. The number of carbonyl (C=O) groups excluding carboxylic acids is 1. The number of tetrazole rings is 1. The molecule has 0 radical (unpaired) electrons. The largest absolute Gasteiger partial charge is 0.299 e. The van der Waals surface area contributed by atoms with Gasteiger partial charge in [-0.25, -0.2) is 0 Å². The van der Waals surface area contributed by atoms with Crippen molar-refractivity contribution >= 4 is 40.8 Å². The number of aryl methyl sites for hydroxylation is 1. The first-order chi connectivity index (χ1) is 10.8. The molecule has 0 aliphatic rings. The van der Waals surface area contributed by atoms with Gasteiger partial charge >= 0.3 is 0 Å². The van der Waals surface area contributed by atoms with Crippen molar-refractivity contribution in [2.24, 2.45) is 5.92 Å². The van der Waals surface area contributed by atoms with E-state index in [9.17, 15) is 4.79 Å². The van der Waals surface area contributed by atoms with E-state index in [1.165, 1.54) is 4.80 Å². The number of amides is 1. The third kappa shape index (κ3) is 4.97. The molecule has 0 aliphatic carbocycles. The summed E-state index contributed by atoms with van der Waals surface area (Å²) in [6, 6.07) is 5.04. The van der Waals surface area contributed by atoms with Crippen LogP contribution in [0.15, 0.2) is 18.2 Å². The zero-order valence-electron chi connectivity index (χ0n) is 13.0. The minimum absolute atomic E-state index is 0.0933. The van der Waals surface area contributed by atoms with E-state index in [0.717, 1.165) is 5.56 Å². The molecule has 0 fully saturated rings. The molecule has 2 N–H and O–H groups in total. The second-order valence-electron chi connectivity index (χ2n) is 5.43. The summed E-state index contributed by atoms with van der Waals surface area (Å²) in [6.45, 7) is 6.61. The molecule has 9 heteroatoms. The number of hydrogen-bond acceptors (Lipinski definition) is 5. The predicted octanol–water partition coefficient (Wildman–Crippen LogP) is 2.42. The fourth-order valence-electron chi connectivity index (χ4n) is 1.74. The van der Waals surface area contributed by atoms with E-state index in [0.29, 0.717) is 23.0 Å². The van der Waals surface area contributed by atoms with Crippen molar-refractivity contribution in [1.29, 1.82) is 0 Å². The van der Waals surface area contributed by atoms with Gasteiger partial charge in [0.05, 0.1) is 6.54 Å². The standard InChI is InChI=1S/C14H17ClN6OS/c1-8(2)7-21-19-13(18-20-21)17-14(23)16-12(22)10-5-4-9(3)11(15)6-10/h4-6,8H,7H2,1-3H3,(H2,16,17,19,22,23). The van der Waals surface area contributed by atoms with Gasteiger partial charge in [0.25, 0.3) is 11.9 Å². The molecule has 23 heavy (non-hydrogen) atoms. The summed E-state index contributed by atoms with van der Waals surface area (Å²) in [7, 11) is 0. The molecule has 1 heterocycles. The topological polar surface area (TPSA) is 84.7 Å². The Bertz CT molecular complexity index is 730. The lowest BCUT2D eigenvalue weighted by molar-refractivity contribution is 0.0977. The van der Waals surface area contributed by atoms with Crippen LogP contribution in [0.3, 0.4) is 0 Å². The van der Waals surface area contributed by atoms with E-state index < -0.39 is 0 Å². The molecule has 1 aromatic carbocycles. The molecular weight excluding hydrogens is 336 g/mol. The smallest absolute Gasteiger partial charge is 0.269 e. The summed E-state index contributed by atoms with van der Waals surface area (Å²) in [6.07, 6.45) is 0. The van der Waals surface area contributed by atoms with Crippen molar-refractivity contribution in [3.8, 4) is 0 Å². The van der Waals surface area contributed by atoms with Gasteiger partial charge in [0.1, 0.15) is 0 Å². The van der Waals surface area contributed by atoms with Crippen LogP contribution in [0.25, 0.3) is 0 Å². The quantitative estimate of drug-likeness (QED) is 0.822. The number of aromatic nitrogens is 4. The Morgan fingerprint density at radius 1 is 1.43 bits per heavy atom. The van der Waals surface area contributed by atoms with Crippen molar-refractivity contribution in [3.05, 3.63) is 34.3 Å². The van der Waals surface area contributed by atoms with Crippen LogP contribution in [-0.2, 0) is 6.54 Å². The maximum Gasteiger partial charge on any atom is 0.269 e. The van der Waals surface area contributed by atoms with Gasteiger partial charge in [0.15, 0.2) is 5.11 Å². The summed E-state index contributed by atoms with van der Waals surface area (Å²) in [5.74, 6) is 0.270. The van der Waals surface area contributed by atoms with Crippen molar-refractivity contribution in [2.75, 3.05) is 5.32 Å². The normalized spacial score (nSPS) is 10.7. The Balaban J connectivity index is 1.94. The van der Waals surface area contributed by atoms with E-state index in [4.69, 9.17) is 23.8 Å². The molecule has 1 amide bonds. The van der Waals surface area contributed by atoms with Crippen LogP contribution in [0.1, 0.15) is 29.8 Å². The zero-order chi connectivity index (χ0) is 17.0. The highest BCUT2D eigenvalue weighted by atomic mass is 35.5. The highest BCUT2D eigenvalue weighted by molar-refractivity contribution is 7.80. The third-order valence-electron chi connectivity index (χ3n) is 2.87. The molecule has 0 spiro atoms. The summed E-state index contributed by atoms with van der Waals surface area (Å²) in [5, 5.41) is 17.7. The molecule has 0 aliphatic heterocycles. The van der Waals surface area contributed by atoms with Gasteiger partial charge in [-0.05, 0) is 48.0 Å². The lowest BCUT2D eigenvalue weighted by atomic mass is 10.1. The molecule has 0 unspecified atom stereocenters. The molecule has 2 rings (SSSR count). The summed E-state index contributed by atoms with van der Waals surface area (Å²) in [4.78, 5) is 13.6. The SMILES string of the molecule is Cc1ccc(C(=O)NC(=S)Nc2nnn(CC(C)C)n2)cc1Cl. The van der Waals surface area contributed by atoms with Gasteiger partial charge < -0.3 is 0 Å². The Morgan fingerprint density at radius 2 is 2.17 bits per heavy atom. The summed E-state index contributed by atoms with van der Waals surface area (Å²) in [5.41, 5.74) is 1.32. The van der Waals surface area contributed by atoms with Crippen molar-refractivity contribution in [2.45, 2.75) is 27.3 Å². The maximum absolute atomic E-state index is 12.1. The number of carbonyl (C=O) groups is 1. The third-order valence-corrected chi connectivity index (χ3v) is 3.48. The first-order valence-corrected chi connectivity index (χ1v) is 7.80. The number of anilines is 1. The van der Waals surface area contributed by atoms with Gasteiger partial charge in [-0.1, -0.05) is 36.6 Å². The number of thiocarbonyl (C=S) groups is 1. The van der Waals surface area contributed by atoms with Crippen LogP contribution in [0.5, 0.6) is 0 Å². The second kappa shape index (κ2) is 7.47. The molecule has 0 saturated carbocycles. The van der Waals surface area contributed by atoms with Crippen LogP contribution >= 0.6 is 23.8 Å². The minimum atomic E-state index is -0.362. The van der Waals surface area contributed by atoms with Gasteiger partial charge in [-0.15, -0.1) is 5.10 Å². The van der Waals surface area contributed by atoms with E-state index in [-0.39, 0.29) is 17.0 Å². The van der Waals surface area contributed by atoms with E-state index in [1.54, 1.807) is 18.2 Å². The van der Waals surface area contributed by atoms with Gasteiger partial charge in [-0.3, -0.25) is 15.4 Å². The molecule has 0 bridgehead atoms. The number of hydrogen-bond donors (Lipinski definition) is 2. The molecule has 2 aromatic rings. The van der Waals surface area contributed by atoms with Crippen LogP contribution in [-0.4, -0.2) is 31.2 Å². The molecule has 0 saturated heterocycles. The van der Waals surface area contributed by atoms with E-state index >= 15 is 0 Å². The average molecular weight is 353 g/mol. The fourth-order valence-corrected chi connectivity index (χ4v) is 2.10. The average Bonchev–Trinajstić information content (AvgIpc) is 2.87. The van der Waals surface area contributed by atoms with E-state index in [2.05, 4.69) is 26.0 Å². The number of benzene rings is 1. The Kier molecular flexibility index (Phi) is 5.62. The molecule has 7 nitrogen and oxygen atoms in total. The van der Waals surface area contributed by atoms with Gasteiger partial charge in [-0.2, -0.15) is 4.80 Å². The zero-order valence-corrected chi connectivity index (χ0v) is 14.6. The van der Waals surface area contributed by atoms with Crippen LogP contribution in [0.2, 0.25) is 5.02 Å². The first-order valence-electron chi connectivity index (χ1n) is 7.01.